The molecule has 1 aromatic carbocycles. The summed E-state index contributed by atoms with van der Waals surface area (Å²) in [5.74, 6) is -1.34. The van der Waals surface area contributed by atoms with Gasteiger partial charge in [0.05, 0.1) is 5.75 Å². The Morgan fingerprint density at radius 2 is 1.95 bits per heavy atom. The van der Waals surface area contributed by atoms with Crippen LogP contribution in [0.4, 0.5) is 0 Å². The average Bonchev–Trinajstić information content (AvgIpc) is 2.34. The Bertz CT molecular complexity index is 499. The van der Waals surface area contributed by atoms with Gasteiger partial charge in [0.2, 0.25) is 10.0 Å². The van der Waals surface area contributed by atoms with E-state index in [1.807, 2.05) is 6.92 Å². The van der Waals surface area contributed by atoms with E-state index in [4.69, 9.17) is 5.11 Å². The first-order valence-electron chi connectivity index (χ1n) is 6.21. The maximum Gasteiger partial charge on any atom is 0.321 e. The van der Waals surface area contributed by atoms with Gasteiger partial charge in [0.1, 0.15) is 6.04 Å². The van der Waals surface area contributed by atoms with Crippen molar-refractivity contribution in [2.45, 2.75) is 38.0 Å². The summed E-state index contributed by atoms with van der Waals surface area (Å²) < 4.78 is 26.1. The Balaban J connectivity index is 2.69. The minimum atomic E-state index is -3.64. The van der Waals surface area contributed by atoms with Crippen LogP contribution < -0.4 is 4.72 Å². The Kier molecular flexibility index (Phi) is 5.98. The van der Waals surface area contributed by atoms with Gasteiger partial charge in [0, 0.05) is 0 Å². The number of sulfonamides is 1. The highest BCUT2D eigenvalue weighted by atomic mass is 32.2. The van der Waals surface area contributed by atoms with E-state index in [9.17, 15) is 13.2 Å². The Labute approximate surface area is 113 Å². The van der Waals surface area contributed by atoms with Crippen LogP contribution in [0.2, 0.25) is 0 Å². The van der Waals surface area contributed by atoms with Crippen LogP contribution in [0.5, 0.6) is 0 Å². The van der Waals surface area contributed by atoms with Gasteiger partial charge in [0.25, 0.3) is 0 Å². The normalized spacial score (nSPS) is 13.1. The van der Waals surface area contributed by atoms with E-state index in [1.54, 1.807) is 30.3 Å². The lowest BCUT2D eigenvalue weighted by molar-refractivity contribution is -0.139. The molecule has 0 aliphatic rings. The molecule has 0 spiro atoms. The van der Waals surface area contributed by atoms with Gasteiger partial charge < -0.3 is 5.11 Å². The van der Waals surface area contributed by atoms with Gasteiger partial charge >= 0.3 is 5.97 Å². The zero-order chi connectivity index (χ0) is 14.3. The molecule has 19 heavy (non-hydrogen) atoms. The number of hydrogen-bond donors (Lipinski definition) is 2. The smallest absolute Gasteiger partial charge is 0.321 e. The highest BCUT2D eigenvalue weighted by Gasteiger charge is 2.23. The SMILES string of the molecule is CCCC[C@@H](NS(=O)(=O)Cc1ccccc1)C(=O)O. The summed E-state index contributed by atoms with van der Waals surface area (Å²) in [6.45, 7) is 1.93. The Morgan fingerprint density at radius 3 is 2.47 bits per heavy atom. The quantitative estimate of drug-likeness (QED) is 0.762. The predicted octanol–water partition coefficient (Wildman–Crippen LogP) is 1.75. The summed E-state index contributed by atoms with van der Waals surface area (Å²) in [4.78, 5) is 11.0. The maximum atomic E-state index is 11.9. The van der Waals surface area contributed by atoms with E-state index in [0.717, 1.165) is 6.42 Å². The third kappa shape index (κ3) is 5.85. The molecular weight excluding hydrogens is 266 g/mol. The fourth-order valence-electron chi connectivity index (χ4n) is 1.69. The molecule has 1 rings (SSSR count). The molecule has 0 aliphatic heterocycles. The molecule has 0 radical (unpaired) electrons. The van der Waals surface area contributed by atoms with Gasteiger partial charge in [-0.2, -0.15) is 0 Å². The second kappa shape index (κ2) is 7.25. The number of carboxylic acid groups (broad SMARTS) is 1. The number of aliphatic carboxylic acids is 1. The summed E-state index contributed by atoms with van der Waals surface area (Å²) in [5, 5.41) is 9.00. The van der Waals surface area contributed by atoms with Crippen LogP contribution >= 0.6 is 0 Å². The molecule has 0 amide bonds. The molecule has 1 aromatic rings. The maximum absolute atomic E-state index is 11.9. The first kappa shape index (κ1) is 15.7. The standard InChI is InChI=1S/C13H19NO4S/c1-2-3-9-12(13(15)16)14-19(17,18)10-11-7-5-4-6-8-11/h4-8,12,14H,2-3,9-10H2,1H3,(H,15,16)/t12-/m1/s1. The van der Waals surface area contributed by atoms with Gasteiger partial charge in [0.15, 0.2) is 0 Å². The number of carboxylic acids is 1. The lowest BCUT2D eigenvalue weighted by atomic mass is 10.1. The van der Waals surface area contributed by atoms with Crippen molar-refractivity contribution >= 4 is 16.0 Å². The molecule has 0 bridgehead atoms. The molecular formula is C13H19NO4S. The van der Waals surface area contributed by atoms with E-state index in [2.05, 4.69) is 4.72 Å². The first-order chi connectivity index (χ1) is 8.94. The van der Waals surface area contributed by atoms with Crippen molar-refractivity contribution in [3.63, 3.8) is 0 Å². The van der Waals surface area contributed by atoms with Crippen molar-refractivity contribution in [2.75, 3.05) is 0 Å². The average molecular weight is 285 g/mol. The number of hydrogen-bond acceptors (Lipinski definition) is 3. The number of benzene rings is 1. The molecule has 0 heterocycles. The predicted molar refractivity (Wildman–Crippen MR) is 73.2 cm³/mol. The van der Waals surface area contributed by atoms with Crippen molar-refractivity contribution in [2.24, 2.45) is 0 Å². The number of rotatable bonds is 8. The van der Waals surface area contributed by atoms with Crippen molar-refractivity contribution in [1.29, 1.82) is 0 Å². The first-order valence-corrected chi connectivity index (χ1v) is 7.86. The largest absolute Gasteiger partial charge is 0.480 e. The lowest BCUT2D eigenvalue weighted by Crippen LogP contribution is -2.41. The molecule has 0 saturated carbocycles. The molecule has 5 nitrogen and oxygen atoms in total. The van der Waals surface area contributed by atoms with Crippen molar-refractivity contribution in [1.82, 2.24) is 4.72 Å². The van der Waals surface area contributed by atoms with E-state index < -0.39 is 22.0 Å². The zero-order valence-corrected chi connectivity index (χ0v) is 11.7. The molecule has 6 heteroatoms. The summed E-state index contributed by atoms with van der Waals surface area (Å²) in [5.41, 5.74) is 0.634. The zero-order valence-electron chi connectivity index (χ0n) is 10.9. The van der Waals surface area contributed by atoms with Gasteiger partial charge in [-0.3, -0.25) is 4.79 Å². The van der Waals surface area contributed by atoms with E-state index in [0.29, 0.717) is 18.4 Å². The summed E-state index contributed by atoms with van der Waals surface area (Å²) in [6, 6.07) is 7.63. The highest BCUT2D eigenvalue weighted by molar-refractivity contribution is 7.88. The van der Waals surface area contributed by atoms with Gasteiger partial charge in [-0.1, -0.05) is 50.1 Å². The van der Waals surface area contributed by atoms with Gasteiger partial charge in [-0.15, -0.1) is 0 Å². The van der Waals surface area contributed by atoms with Gasteiger partial charge in [-0.25, -0.2) is 13.1 Å². The number of nitrogens with one attached hydrogen (secondary N) is 1. The molecule has 0 saturated heterocycles. The molecule has 0 unspecified atom stereocenters. The highest BCUT2D eigenvalue weighted by Crippen LogP contribution is 2.07. The minimum Gasteiger partial charge on any atom is -0.480 e. The van der Waals surface area contributed by atoms with E-state index in [-0.39, 0.29) is 5.75 Å². The topological polar surface area (TPSA) is 83.5 Å². The van der Waals surface area contributed by atoms with Crippen molar-refractivity contribution in [3.8, 4) is 0 Å². The Hall–Kier alpha value is -1.40. The fourth-order valence-corrected chi connectivity index (χ4v) is 3.06. The van der Waals surface area contributed by atoms with Crippen molar-refractivity contribution in [3.05, 3.63) is 35.9 Å². The van der Waals surface area contributed by atoms with Crippen LogP contribution in [-0.4, -0.2) is 25.5 Å². The fraction of sp³-hybridized carbons (Fsp3) is 0.462. The monoisotopic (exact) mass is 285 g/mol. The molecule has 0 aliphatic carbocycles. The number of unbranched alkanes of at least 4 members (excludes halogenated alkanes) is 1. The summed E-state index contributed by atoms with van der Waals surface area (Å²) in [7, 11) is -3.64. The van der Waals surface area contributed by atoms with E-state index >= 15 is 0 Å². The molecule has 106 valence electrons. The summed E-state index contributed by atoms with van der Waals surface area (Å²) in [6.07, 6.45) is 1.80. The lowest BCUT2D eigenvalue weighted by Gasteiger charge is -2.14. The van der Waals surface area contributed by atoms with Gasteiger partial charge in [-0.05, 0) is 12.0 Å². The van der Waals surface area contributed by atoms with Crippen LogP contribution in [0.1, 0.15) is 31.7 Å². The molecule has 2 N–H and O–H groups in total. The Morgan fingerprint density at radius 1 is 1.32 bits per heavy atom. The third-order valence-corrected chi connectivity index (χ3v) is 4.02. The minimum absolute atomic E-state index is 0.205. The van der Waals surface area contributed by atoms with Crippen LogP contribution in [0.3, 0.4) is 0 Å². The third-order valence-electron chi connectivity index (χ3n) is 2.67. The second-order valence-corrected chi connectivity index (χ2v) is 6.15. The molecule has 0 aromatic heterocycles. The van der Waals surface area contributed by atoms with Crippen molar-refractivity contribution < 1.29 is 18.3 Å². The van der Waals surface area contributed by atoms with Crippen LogP contribution in [0.15, 0.2) is 30.3 Å². The molecule has 0 fully saturated rings. The van der Waals surface area contributed by atoms with Crippen LogP contribution in [-0.2, 0) is 20.6 Å². The number of carbonyl (C=O) groups is 1. The van der Waals surface area contributed by atoms with Crippen LogP contribution in [0, 0.1) is 0 Å². The van der Waals surface area contributed by atoms with E-state index in [1.165, 1.54) is 0 Å². The van der Waals surface area contributed by atoms with Crippen LogP contribution in [0.25, 0.3) is 0 Å². The second-order valence-electron chi connectivity index (χ2n) is 4.40. The molecule has 1 atom stereocenters. The summed E-state index contributed by atoms with van der Waals surface area (Å²) >= 11 is 0.